The second-order valence-corrected chi connectivity index (χ2v) is 3.89. The van der Waals surface area contributed by atoms with Gasteiger partial charge in [-0.15, -0.1) is 0 Å². The molecule has 1 aromatic carbocycles. The van der Waals surface area contributed by atoms with Crippen LogP contribution >= 0.6 is 0 Å². The average molecular weight is 207 g/mol. The average Bonchev–Trinajstić information content (AvgIpc) is 2.57. The van der Waals surface area contributed by atoms with Crippen LogP contribution in [0.15, 0.2) is 24.4 Å². The maximum atomic E-state index is 12.9. The summed E-state index contributed by atoms with van der Waals surface area (Å²) in [6, 6.07) is 4.72. The monoisotopic (exact) mass is 207 g/mol. The van der Waals surface area contributed by atoms with Crippen LogP contribution in [0.2, 0.25) is 0 Å². The van der Waals surface area contributed by atoms with Crippen molar-refractivity contribution in [2.75, 3.05) is 0 Å². The summed E-state index contributed by atoms with van der Waals surface area (Å²) >= 11 is 0. The Morgan fingerprint density at radius 2 is 2.27 bits per heavy atom. The Morgan fingerprint density at radius 3 is 3.00 bits per heavy atom. The van der Waals surface area contributed by atoms with Crippen molar-refractivity contribution in [1.82, 2.24) is 4.98 Å². The molecule has 0 fully saturated rings. The molecule has 0 saturated carbocycles. The van der Waals surface area contributed by atoms with Gasteiger partial charge in [0, 0.05) is 17.1 Å². The van der Waals surface area contributed by atoms with E-state index in [1.807, 2.05) is 6.20 Å². The molecule has 1 aromatic heterocycles. The van der Waals surface area contributed by atoms with Crippen LogP contribution in [0, 0.1) is 5.82 Å². The van der Waals surface area contributed by atoms with E-state index in [4.69, 9.17) is 0 Å². The van der Waals surface area contributed by atoms with Crippen LogP contribution in [0.3, 0.4) is 0 Å². The lowest BCUT2D eigenvalue weighted by Gasteiger charge is -2.02. The number of hydrogen-bond donors (Lipinski definition) is 2. The molecule has 0 bridgehead atoms. The summed E-state index contributed by atoms with van der Waals surface area (Å²) < 4.78 is 12.9. The highest BCUT2D eigenvalue weighted by atomic mass is 19.1. The minimum absolute atomic E-state index is 0.230. The largest absolute Gasteiger partial charge is 0.393 e. The van der Waals surface area contributed by atoms with E-state index < -0.39 is 0 Å². The van der Waals surface area contributed by atoms with E-state index in [2.05, 4.69) is 4.98 Å². The maximum absolute atomic E-state index is 12.9. The number of H-pyrrole nitrogens is 1. The molecule has 0 aliphatic carbocycles. The summed E-state index contributed by atoms with van der Waals surface area (Å²) in [4.78, 5) is 3.03. The summed E-state index contributed by atoms with van der Waals surface area (Å²) in [6.07, 6.45) is 3.12. The van der Waals surface area contributed by atoms with Crippen LogP contribution in [0.25, 0.3) is 10.9 Å². The zero-order chi connectivity index (χ0) is 10.8. The minimum Gasteiger partial charge on any atom is -0.393 e. The lowest BCUT2D eigenvalue weighted by molar-refractivity contribution is 0.185. The van der Waals surface area contributed by atoms with Crippen molar-refractivity contribution in [1.29, 1.82) is 0 Å². The Morgan fingerprint density at radius 1 is 1.47 bits per heavy atom. The number of aromatic nitrogens is 1. The molecule has 3 heteroatoms. The van der Waals surface area contributed by atoms with Gasteiger partial charge in [0.15, 0.2) is 0 Å². The first kappa shape index (κ1) is 10.2. The molecule has 0 amide bonds. The first-order valence-corrected chi connectivity index (χ1v) is 5.10. The number of nitrogens with one attached hydrogen (secondary N) is 1. The fourth-order valence-corrected chi connectivity index (χ4v) is 1.73. The summed E-state index contributed by atoms with van der Waals surface area (Å²) in [7, 11) is 0. The zero-order valence-corrected chi connectivity index (χ0v) is 8.63. The van der Waals surface area contributed by atoms with E-state index in [0.29, 0.717) is 0 Å². The molecule has 80 valence electrons. The number of rotatable bonds is 3. The molecular formula is C12H14FNO. The van der Waals surface area contributed by atoms with E-state index in [-0.39, 0.29) is 11.9 Å². The molecule has 1 heterocycles. The molecule has 0 saturated heterocycles. The molecule has 0 aliphatic rings. The molecule has 1 unspecified atom stereocenters. The first-order valence-electron chi connectivity index (χ1n) is 5.10. The van der Waals surface area contributed by atoms with Gasteiger partial charge in [0.2, 0.25) is 0 Å². The smallest absolute Gasteiger partial charge is 0.125 e. The molecule has 15 heavy (non-hydrogen) atoms. The molecule has 2 N–H and O–H groups in total. The second kappa shape index (κ2) is 4.03. The number of aliphatic hydroxyl groups is 1. The van der Waals surface area contributed by atoms with E-state index in [0.717, 1.165) is 29.3 Å². The predicted octanol–water partition coefficient (Wildman–Crippen LogP) is 2.62. The molecule has 0 aliphatic heterocycles. The number of fused-ring (bicyclic) bond motifs is 1. The van der Waals surface area contributed by atoms with Gasteiger partial charge < -0.3 is 10.1 Å². The summed E-state index contributed by atoms with van der Waals surface area (Å²) in [5.41, 5.74) is 1.95. The molecule has 0 radical (unpaired) electrons. The Labute approximate surface area is 87.7 Å². The Balaban J connectivity index is 2.29. The van der Waals surface area contributed by atoms with Crippen LogP contribution in [-0.2, 0) is 6.42 Å². The normalized spacial score (nSPS) is 13.3. The predicted molar refractivity (Wildman–Crippen MR) is 58.3 cm³/mol. The number of aryl methyl sites for hydroxylation is 1. The van der Waals surface area contributed by atoms with Crippen molar-refractivity contribution in [2.45, 2.75) is 25.9 Å². The highest BCUT2D eigenvalue weighted by Crippen LogP contribution is 2.20. The third kappa shape index (κ3) is 2.18. The Kier molecular flexibility index (Phi) is 2.73. The zero-order valence-electron chi connectivity index (χ0n) is 8.63. The van der Waals surface area contributed by atoms with Gasteiger partial charge in [-0.1, -0.05) is 0 Å². The SMILES string of the molecule is CC(O)CCc1c[nH]c2cc(F)ccc12. The van der Waals surface area contributed by atoms with E-state index >= 15 is 0 Å². The van der Waals surface area contributed by atoms with Crippen LogP contribution < -0.4 is 0 Å². The number of aliphatic hydroxyl groups excluding tert-OH is 1. The first-order chi connectivity index (χ1) is 7.16. The topological polar surface area (TPSA) is 36.0 Å². The van der Waals surface area contributed by atoms with Crippen molar-refractivity contribution < 1.29 is 9.50 Å². The number of benzene rings is 1. The molecular weight excluding hydrogens is 193 g/mol. The summed E-state index contributed by atoms with van der Waals surface area (Å²) in [5.74, 6) is -0.230. The summed E-state index contributed by atoms with van der Waals surface area (Å²) in [6.45, 7) is 1.77. The van der Waals surface area contributed by atoms with E-state index in [9.17, 15) is 9.50 Å². The molecule has 0 spiro atoms. The van der Waals surface area contributed by atoms with Crippen LogP contribution in [0.1, 0.15) is 18.9 Å². The summed E-state index contributed by atoms with van der Waals surface area (Å²) in [5, 5.41) is 10.2. The third-order valence-corrected chi connectivity index (χ3v) is 2.56. The third-order valence-electron chi connectivity index (χ3n) is 2.56. The van der Waals surface area contributed by atoms with Gasteiger partial charge in [0.1, 0.15) is 5.82 Å². The number of hydrogen-bond acceptors (Lipinski definition) is 1. The van der Waals surface area contributed by atoms with Crippen LogP contribution in [0.5, 0.6) is 0 Å². The molecule has 2 aromatic rings. The molecule has 1 atom stereocenters. The highest BCUT2D eigenvalue weighted by Gasteiger charge is 2.05. The van der Waals surface area contributed by atoms with Gasteiger partial charge in [0.25, 0.3) is 0 Å². The van der Waals surface area contributed by atoms with Gasteiger partial charge in [-0.25, -0.2) is 4.39 Å². The second-order valence-electron chi connectivity index (χ2n) is 3.89. The van der Waals surface area contributed by atoms with Crippen LogP contribution in [-0.4, -0.2) is 16.2 Å². The van der Waals surface area contributed by atoms with Gasteiger partial charge in [-0.3, -0.25) is 0 Å². The van der Waals surface area contributed by atoms with E-state index in [1.165, 1.54) is 12.1 Å². The number of halogens is 1. The Hall–Kier alpha value is -1.35. The van der Waals surface area contributed by atoms with Gasteiger partial charge in [0.05, 0.1) is 6.10 Å². The quantitative estimate of drug-likeness (QED) is 0.797. The maximum Gasteiger partial charge on any atom is 0.125 e. The van der Waals surface area contributed by atoms with E-state index in [1.54, 1.807) is 13.0 Å². The van der Waals surface area contributed by atoms with Crippen molar-refractivity contribution in [3.8, 4) is 0 Å². The van der Waals surface area contributed by atoms with Gasteiger partial charge >= 0.3 is 0 Å². The Bertz CT molecular complexity index is 462. The van der Waals surface area contributed by atoms with Crippen molar-refractivity contribution >= 4 is 10.9 Å². The van der Waals surface area contributed by atoms with Crippen LogP contribution in [0.4, 0.5) is 4.39 Å². The number of aromatic amines is 1. The van der Waals surface area contributed by atoms with Crippen molar-refractivity contribution in [2.24, 2.45) is 0 Å². The highest BCUT2D eigenvalue weighted by molar-refractivity contribution is 5.83. The molecule has 2 nitrogen and oxygen atoms in total. The lowest BCUT2D eigenvalue weighted by atomic mass is 10.1. The fourth-order valence-electron chi connectivity index (χ4n) is 1.73. The van der Waals surface area contributed by atoms with Gasteiger partial charge in [-0.2, -0.15) is 0 Å². The van der Waals surface area contributed by atoms with Gasteiger partial charge in [-0.05, 0) is 43.5 Å². The van der Waals surface area contributed by atoms with Crippen molar-refractivity contribution in [3.05, 3.63) is 35.8 Å². The fraction of sp³-hybridized carbons (Fsp3) is 0.333. The lowest BCUT2D eigenvalue weighted by Crippen LogP contribution is -2.00. The van der Waals surface area contributed by atoms with Crippen molar-refractivity contribution in [3.63, 3.8) is 0 Å². The molecule has 2 rings (SSSR count). The standard InChI is InChI=1S/C12H14FNO/c1-8(15)2-3-9-7-14-12-6-10(13)4-5-11(9)12/h4-8,14-15H,2-3H2,1H3. The minimum atomic E-state index is -0.296.